The maximum atomic E-state index is 12.6. The Labute approximate surface area is 149 Å². The molecule has 4 heteroatoms. The molecule has 0 spiro atoms. The van der Waals surface area contributed by atoms with E-state index in [4.69, 9.17) is 16.3 Å². The lowest BCUT2D eigenvalue weighted by molar-refractivity contribution is -0.150. The average Bonchev–Trinajstić information content (AvgIpc) is 2.87. The third-order valence-corrected chi connectivity index (χ3v) is 5.79. The summed E-state index contributed by atoms with van der Waals surface area (Å²) in [5.74, 6) is 0.636. The second-order valence-corrected chi connectivity index (χ2v) is 7.23. The standard InChI is InChI=1S/C20H26ClNO2/c1-14-5-7-15(8-6-14)17-13-16-9-10-18(19(17)20(23)24-2)22(16)12-4-3-11-21/h3-8,16-19H,9-13H2,1-2H3/b4-3+. The lowest BCUT2D eigenvalue weighted by Crippen LogP contribution is -2.50. The molecule has 2 aliphatic heterocycles. The van der Waals surface area contributed by atoms with Gasteiger partial charge in [0.1, 0.15) is 0 Å². The first kappa shape index (κ1) is 17.5. The van der Waals surface area contributed by atoms with E-state index >= 15 is 0 Å². The van der Waals surface area contributed by atoms with Crippen LogP contribution in [0.4, 0.5) is 0 Å². The van der Waals surface area contributed by atoms with Crippen LogP contribution in [0.5, 0.6) is 0 Å². The van der Waals surface area contributed by atoms with Crippen LogP contribution in [0.3, 0.4) is 0 Å². The molecule has 4 atom stereocenters. The SMILES string of the molecule is COC(=O)C1C(c2ccc(C)cc2)CC2CCC1N2C/C=C/CCl. The lowest BCUT2D eigenvalue weighted by Gasteiger charge is -2.43. The maximum absolute atomic E-state index is 12.6. The van der Waals surface area contributed by atoms with Crippen LogP contribution < -0.4 is 0 Å². The first-order valence-corrected chi connectivity index (χ1v) is 9.30. The zero-order valence-electron chi connectivity index (χ0n) is 14.5. The van der Waals surface area contributed by atoms with Gasteiger partial charge in [-0.15, -0.1) is 11.6 Å². The summed E-state index contributed by atoms with van der Waals surface area (Å²) in [5.41, 5.74) is 2.52. The molecular weight excluding hydrogens is 322 g/mol. The molecule has 4 unspecified atom stereocenters. The Bertz CT molecular complexity index is 598. The fourth-order valence-electron chi connectivity index (χ4n) is 4.47. The highest BCUT2D eigenvalue weighted by atomic mass is 35.5. The van der Waals surface area contributed by atoms with E-state index < -0.39 is 0 Å². The molecule has 2 bridgehead atoms. The van der Waals surface area contributed by atoms with Gasteiger partial charge in [-0.25, -0.2) is 0 Å². The number of nitrogens with zero attached hydrogens (tertiary/aromatic N) is 1. The number of ether oxygens (including phenoxy) is 1. The van der Waals surface area contributed by atoms with Crippen LogP contribution in [0.1, 0.15) is 36.3 Å². The summed E-state index contributed by atoms with van der Waals surface area (Å²) in [5, 5.41) is 0. The van der Waals surface area contributed by atoms with Gasteiger partial charge in [0.25, 0.3) is 0 Å². The van der Waals surface area contributed by atoms with E-state index in [1.54, 1.807) is 0 Å². The van der Waals surface area contributed by atoms with Gasteiger partial charge >= 0.3 is 5.97 Å². The second kappa shape index (κ2) is 7.71. The summed E-state index contributed by atoms with van der Waals surface area (Å²) in [6, 6.07) is 9.45. The molecule has 0 radical (unpaired) electrons. The fraction of sp³-hybridized carbons (Fsp3) is 0.550. The number of allylic oxidation sites excluding steroid dienone is 1. The van der Waals surface area contributed by atoms with Crippen LogP contribution in [-0.2, 0) is 9.53 Å². The number of esters is 1. The average molecular weight is 348 g/mol. The largest absolute Gasteiger partial charge is 0.469 e. The molecule has 0 saturated carbocycles. The van der Waals surface area contributed by atoms with Crippen molar-refractivity contribution in [2.45, 2.75) is 44.2 Å². The number of hydrogen-bond donors (Lipinski definition) is 0. The van der Waals surface area contributed by atoms with Crippen molar-refractivity contribution in [2.75, 3.05) is 19.5 Å². The molecule has 2 heterocycles. The molecule has 2 aliphatic rings. The van der Waals surface area contributed by atoms with Gasteiger partial charge in [0, 0.05) is 30.4 Å². The monoisotopic (exact) mass is 347 g/mol. The van der Waals surface area contributed by atoms with Gasteiger partial charge in [-0.3, -0.25) is 9.69 Å². The molecule has 3 rings (SSSR count). The van der Waals surface area contributed by atoms with E-state index in [0.29, 0.717) is 11.9 Å². The summed E-state index contributed by atoms with van der Waals surface area (Å²) in [6.45, 7) is 2.97. The predicted molar refractivity (Wildman–Crippen MR) is 97.4 cm³/mol. The molecule has 0 aromatic heterocycles. The quantitative estimate of drug-likeness (QED) is 0.459. The highest BCUT2D eigenvalue weighted by Gasteiger charge is 2.50. The van der Waals surface area contributed by atoms with Crippen molar-refractivity contribution >= 4 is 17.6 Å². The Hall–Kier alpha value is -1.32. The molecule has 1 aromatic carbocycles. The number of benzene rings is 1. The number of fused-ring (bicyclic) bond motifs is 2. The Kier molecular flexibility index (Phi) is 5.62. The number of halogens is 1. The van der Waals surface area contributed by atoms with Gasteiger partial charge in [-0.1, -0.05) is 42.0 Å². The van der Waals surface area contributed by atoms with Crippen molar-refractivity contribution in [3.63, 3.8) is 0 Å². The van der Waals surface area contributed by atoms with Crippen LogP contribution in [0.15, 0.2) is 36.4 Å². The van der Waals surface area contributed by atoms with Crippen molar-refractivity contribution in [1.29, 1.82) is 0 Å². The Morgan fingerprint density at radius 1 is 1.29 bits per heavy atom. The van der Waals surface area contributed by atoms with Gasteiger partial charge in [-0.05, 0) is 31.7 Å². The molecule has 0 N–H and O–H groups in total. The molecule has 2 fully saturated rings. The van der Waals surface area contributed by atoms with Gasteiger partial charge in [0.2, 0.25) is 0 Å². The summed E-state index contributed by atoms with van der Waals surface area (Å²) < 4.78 is 5.19. The number of hydrogen-bond acceptors (Lipinski definition) is 3. The fourth-order valence-corrected chi connectivity index (χ4v) is 4.60. The molecular formula is C20H26ClNO2. The lowest BCUT2D eigenvalue weighted by atomic mass is 9.76. The summed E-state index contributed by atoms with van der Waals surface area (Å²) in [6.07, 6.45) is 7.36. The van der Waals surface area contributed by atoms with E-state index in [9.17, 15) is 4.79 Å². The van der Waals surface area contributed by atoms with Gasteiger partial charge in [-0.2, -0.15) is 0 Å². The number of piperidine rings is 1. The van der Waals surface area contributed by atoms with Crippen LogP contribution in [0.2, 0.25) is 0 Å². The van der Waals surface area contributed by atoms with E-state index in [-0.39, 0.29) is 23.8 Å². The van der Waals surface area contributed by atoms with Gasteiger partial charge in [0.15, 0.2) is 0 Å². The molecule has 0 amide bonds. The number of rotatable bonds is 5. The smallest absolute Gasteiger partial charge is 0.310 e. The topological polar surface area (TPSA) is 29.5 Å². The Morgan fingerprint density at radius 3 is 2.71 bits per heavy atom. The highest BCUT2D eigenvalue weighted by molar-refractivity contribution is 6.18. The van der Waals surface area contributed by atoms with Crippen molar-refractivity contribution in [1.82, 2.24) is 4.90 Å². The summed E-state index contributed by atoms with van der Waals surface area (Å²) in [7, 11) is 1.51. The number of carbonyl (C=O) groups excluding carboxylic acids is 1. The minimum absolute atomic E-state index is 0.0720. The molecule has 24 heavy (non-hydrogen) atoms. The number of methoxy groups -OCH3 is 1. The van der Waals surface area contributed by atoms with Crippen LogP contribution in [-0.4, -0.2) is 42.5 Å². The normalized spacial score (nSPS) is 30.0. The van der Waals surface area contributed by atoms with Crippen molar-refractivity contribution in [2.24, 2.45) is 5.92 Å². The third-order valence-electron chi connectivity index (χ3n) is 5.62. The molecule has 0 aliphatic carbocycles. The zero-order chi connectivity index (χ0) is 17.1. The Balaban J connectivity index is 1.87. The first-order chi connectivity index (χ1) is 11.7. The molecule has 130 valence electrons. The number of aryl methyl sites for hydroxylation is 1. The predicted octanol–water partition coefficient (Wildman–Crippen LogP) is 3.90. The van der Waals surface area contributed by atoms with Crippen molar-refractivity contribution in [3.05, 3.63) is 47.5 Å². The molecule has 2 saturated heterocycles. The second-order valence-electron chi connectivity index (χ2n) is 6.92. The highest BCUT2D eigenvalue weighted by Crippen LogP contribution is 2.47. The summed E-state index contributed by atoms with van der Waals surface area (Å²) >= 11 is 5.75. The first-order valence-electron chi connectivity index (χ1n) is 8.76. The van der Waals surface area contributed by atoms with Gasteiger partial charge < -0.3 is 4.74 Å². The van der Waals surface area contributed by atoms with E-state index in [1.807, 2.05) is 6.08 Å². The van der Waals surface area contributed by atoms with E-state index in [2.05, 4.69) is 42.2 Å². The van der Waals surface area contributed by atoms with Gasteiger partial charge in [0.05, 0.1) is 13.0 Å². The van der Waals surface area contributed by atoms with E-state index in [1.165, 1.54) is 18.2 Å². The van der Waals surface area contributed by atoms with Crippen LogP contribution in [0.25, 0.3) is 0 Å². The number of carbonyl (C=O) groups is 1. The molecule has 1 aromatic rings. The molecule has 3 nitrogen and oxygen atoms in total. The Morgan fingerprint density at radius 2 is 2.04 bits per heavy atom. The van der Waals surface area contributed by atoms with E-state index in [0.717, 1.165) is 25.8 Å². The summed E-state index contributed by atoms with van der Waals surface area (Å²) in [4.78, 5) is 15.1. The van der Waals surface area contributed by atoms with Crippen LogP contribution in [0, 0.1) is 12.8 Å². The third kappa shape index (κ3) is 3.38. The van der Waals surface area contributed by atoms with Crippen molar-refractivity contribution < 1.29 is 9.53 Å². The number of alkyl halides is 1. The van der Waals surface area contributed by atoms with Crippen LogP contribution >= 0.6 is 11.6 Å². The minimum Gasteiger partial charge on any atom is -0.469 e. The maximum Gasteiger partial charge on any atom is 0.310 e. The minimum atomic E-state index is -0.0825. The zero-order valence-corrected chi connectivity index (χ0v) is 15.2. The van der Waals surface area contributed by atoms with Crippen molar-refractivity contribution in [3.8, 4) is 0 Å².